The molecule has 0 saturated carbocycles. The van der Waals surface area contributed by atoms with Gasteiger partial charge in [0.2, 0.25) is 0 Å². The highest BCUT2D eigenvalue weighted by atomic mass is 19.4. The summed E-state index contributed by atoms with van der Waals surface area (Å²) in [4.78, 5) is 1.93. The first kappa shape index (κ1) is 15.8. The standard InChI is InChI=1S/C13H16F4N2O2/c14-10-1-2-12(20-7-8-21-13(15,16)17)11(9-10)19-5-3-18-4-6-19/h1-2,9,18H,3-8H2. The van der Waals surface area contributed by atoms with Crippen molar-refractivity contribution in [2.75, 3.05) is 44.3 Å². The van der Waals surface area contributed by atoms with Gasteiger partial charge in [-0.3, -0.25) is 4.74 Å². The van der Waals surface area contributed by atoms with Crippen LogP contribution in [0.25, 0.3) is 0 Å². The number of rotatable bonds is 5. The van der Waals surface area contributed by atoms with Crippen LogP contribution in [0, 0.1) is 5.82 Å². The highest BCUT2D eigenvalue weighted by molar-refractivity contribution is 5.59. The molecule has 1 aromatic carbocycles. The lowest BCUT2D eigenvalue weighted by Gasteiger charge is -2.30. The maximum absolute atomic E-state index is 13.4. The Morgan fingerprint density at radius 1 is 1.14 bits per heavy atom. The lowest BCUT2D eigenvalue weighted by molar-refractivity contribution is -0.325. The van der Waals surface area contributed by atoms with E-state index < -0.39 is 18.8 Å². The molecule has 0 atom stereocenters. The molecule has 0 bridgehead atoms. The lowest BCUT2D eigenvalue weighted by Crippen LogP contribution is -2.43. The van der Waals surface area contributed by atoms with Gasteiger partial charge in [0.05, 0.1) is 12.3 Å². The van der Waals surface area contributed by atoms with Gasteiger partial charge in [0.1, 0.15) is 18.2 Å². The van der Waals surface area contributed by atoms with Crippen molar-refractivity contribution in [3.8, 4) is 5.75 Å². The Bertz CT molecular complexity index is 462. The molecule has 21 heavy (non-hydrogen) atoms. The minimum Gasteiger partial charge on any atom is -0.489 e. The number of hydrogen-bond donors (Lipinski definition) is 1. The average molecular weight is 308 g/mol. The highest BCUT2D eigenvalue weighted by Crippen LogP contribution is 2.29. The molecule has 1 fully saturated rings. The van der Waals surface area contributed by atoms with Gasteiger partial charge in [-0.05, 0) is 12.1 Å². The van der Waals surface area contributed by atoms with Crippen LogP contribution in [0.15, 0.2) is 18.2 Å². The van der Waals surface area contributed by atoms with Gasteiger partial charge in [-0.2, -0.15) is 0 Å². The molecule has 1 aliphatic rings. The lowest BCUT2D eigenvalue weighted by atomic mass is 10.2. The molecule has 1 N–H and O–H groups in total. The van der Waals surface area contributed by atoms with Crippen LogP contribution in [-0.2, 0) is 4.74 Å². The molecule has 8 heteroatoms. The smallest absolute Gasteiger partial charge is 0.489 e. The van der Waals surface area contributed by atoms with Gasteiger partial charge in [-0.1, -0.05) is 0 Å². The predicted octanol–water partition coefficient (Wildman–Crippen LogP) is 2.15. The zero-order chi connectivity index (χ0) is 15.3. The van der Waals surface area contributed by atoms with Gasteiger partial charge in [-0.25, -0.2) is 4.39 Å². The molecule has 1 aromatic rings. The molecule has 2 rings (SSSR count). The van der Waals surface area contributed by atoms with E-state index in [4.69, 9.17) is 4.74 Å². The van der Waals surface area contributed by atoms with Crippen molar-refractivity contribution in [2.24, 2.45) is 0 Å². The summed E-state index contributed by atoms with van der Waals surface area (Å²) in [6.07, 6.45) is -4.67. The van der Waals surface area contributed by atoms with Crippen LogP contribution in [0.2, 0.25) is 0 Å². The summed E-state index contributed by atoms with van der Waals surface area (Å²) in [6, 6.07) is 3.96. The number of ether oxygens (including phenoxy) is 2. The molecular formula is C13H16F4N2O2. The Hall–Kier alpha value is -1.54. The van der Waals surface area contributed by atoms with Gasteiger partial charge < -0.3 is 15.0 Å². The molecule has 0 aromatic heterocycles. The highest BCUT2D eigenvalue weighted by Gasteiger charge is 2.28. The number of anilines is 1. The Labute approximate surface area is 119 Å². The molecule has 118 valence electrons. The number of piperazine rings is 1. The third-order valence-electron chi connectivity index (χ3n) is 2.99. The maximum atomic E-state index is 13.4. The van der Waals surface area contributed by atoms with Crippen LogP contribution in [0.4, 0.5) is 23.2 Å². The van der Waals surface area contributed by atoms with E-state index >= 15 is 0 Å². The minimum absolute atomic E-state index is 0.260. The van der Waals surface area contributed by atoms with E-state index in [9.17, 15) is 17.6 Å². The van der Waals surface area contributed by atoms with Gasteiger partial charge in [0.15, 0.2) is 0 Å². The molecular weight excluding hydrogens is 292 g/mol. The molecule has 1 saturated heterocycles. The van der Waals surface area contributed by atoms with E-state index in [0.717, 1.165) is 13.1 Å². The minimum atomic E-state index is -4.67. The summed E-state index contributed by atoms with van der Waals surface area (Å²) in [5.41, 5.74) is 0.545. The SMILES string of the molecule is Fc1ccc(OCCOC(F)(F)F)c(N2CCNCC2)c1. The van der Waals surface area contributed by atoms with Crippen LogP contribution < -0.4 is 15.0 Å². The predicted molar refractivity (Wildman–Crippen MR) is 69.0 cm³/mol. The van der Waals surface area contributed by atoms with Crippen LogP contribution >= 0.6 is 0 Å². The van der Waals surface area contributed by atoms with Gasteiger partial charge in [0.25, 0.3) is 0 Å². The normalized spacial score (nSPS) is 16.1. The summed E-state index contributed by atoms with van der Waals surface area (Å²) in [7, 11) is 0. The van der Waals surface area contributed by atoms with Gasteiger partial charge in [-0.15, -0.1) is 13.2 Å². The zero-order valence-electron chi connectivity index (χ0n) is 11.3. The van der Waals surface area contributed by atoms with E-state index in [2.05, 4.69) is 10.1 Å². The van der Waals surface area contributed by atoms with Gasteiger partial charge >= 0.3 is 6.36 Å². The van der Waals surface area contributed by atoms with Crippen molar-refractivity contribution >= 4 is 5.69 Å². The molecule has 0 aliphatic carbocycles. The van der Waals surface area contributed by atoms with E-state index in [-0.39, 0.29) is 6.61 Å². The number of benzene rings is 1. The van der Waals surface area contributed by atoms with E-state index in [1.807, 2.05) is 4.90 Å². The van der Waals surface area contributed by atoms with Crippen LogP contribution in [0.3, 0.4) is 0 Å². The second-order valence-corrected chi connectivity index (χ2v) is 4.49. The van der Waals surface area contributed by atoms with Crippen LogP contribution in [-0.4, -0.2) is 45.8 Å². The van der Waals surface area contributed by atoms with E-state index in [1.54, 1.807) is 0 Å². The Balaban J connectivity index is 1.98. The van der Waals surface area contributed by atoms with Crippen LogP contribution in [0.5, 0.6) is 5.75 Å². The fourth-order valence-electron chi connectivity index (χ4n) is 2.07. The quantitative estimate of drug-likeness (QED) is 0.667. The van der Waals surface area contributed by atoms with Crippen LogP contribution in [0.1, 0.15) is 0 Å². The number of halogens is 4. The van der Waals surface area contributed by atoms with Crippen molar-refractivity contribution in [3.63, 3.8) is 0 Å². The molecule has 1 aliphatic heterocycles. The second-order valence-electron chi connectivity index (χ2n) is 4.49. The Morgan fingerprint density at radius 3 is 2.52 bits per heavy atom. The van der Waals surface area contributed by atoms with Crippen molar-refractivity contribution in [3.05, 3.63) is 24.0 Å². The fraction of sp³-hybridized carbons (Fsp3) is 0.538. The van der Waals surface area contributed by atoms with Gasteiger partial charge in [0, 0.05) is 32.2 Å². The zero-order valence-corrected chi connectivity index (χ0v) is 11.3. The maximum Gasteiger partial charge on any atom is 0.522 e. The summed E-state index contributed by atoms with van der Waals surface area (Å²) >= 11 is 0. The topological polar surface area (TPSA) is 33.7 Å². The Kier molecular flexibility index (Phi) is 5.24. The third kappa shape index (κ3) is 5.05. The first-order chi connectivity index (χ1) is 9.96. The second kappa shape index (κ2) is 6.95. The van der Waals surface area contributed by atoms with Crippen molar-refractivity contribution in [1.29, 1.82) is 0 Å². The van der Waals surface area contributed by atoms with Crippen molar-refractivity contribution in [1.82, 2.24) is 5.32 Å². The van der Waals surface area contributed by atoms with Crippen molar-refractivity contribution < 1.29 is 27.0 Å². The molecule has 0 unspecified atom stereocenters. The molecule has 0 spiro atoms. The van der Waals surface area contributed by atoms with E-state index in [1.165, 1.54) is 18.2 Å². The summed E-state index contributed by atoms with van der Waals surface area (Å²) in [5, 5.41) is 3.17. The van der Waals surface area contributed by atoms with Crippen molar-refractivity contribution in [2.45, 2.75) is 6.36 Å². The number of nitrogens with zero attached hydrogens (tertiary/aromatic N) is 1. The number of alkyl halides is 3. The molecule has 4 nitrogen and oxygen atoms in total. The van der Waals surface area contributed by atoms with E-state index in [0.29, 0.717) is 24.5 Å². The molecule has 0 radical (unpaired) electrons. The molecule has 0 amide bonds. The summed E-state index contributed by atoms with van der Waals surface area (Å²) in [6.45, 7) is 2.00. The Morgan fingerprint density at radius 2 is 1.86 bits per heavy atom. The third-order valence-corrected chi connectivity index (χ3v) is 2.99. The first-order valence-electron chi connectivity index (χ1n) is 6.54. The fourth-order valence-corrected chi connectivity index (χ4v) is 2.07. The first-order valence-corrected chi connectivity index (χ1v) is 6.54. The monoisotopic (exact) mass is 308 g/mol. The number of nitrogens with one attached hydrogen (secondary N) is 1. The number of hydrogen-bond acceptors (Lipinski definition) is 4. The summed E-state index contributed by atoms with van der Waals surface area (Å²) in [5.74, 6) is -0.0634. The summed E-state index contributed by atoms with van der Waals surface area (Å²) < 4.78 is 57.9. The average Bonchev–Trinajstić information content (AvgIpc) is 2.45. The largest absolute Gasteiger partial charge is 0.522 e. The molecule has 1 heterocycles.